The second kappa shape index (κ2) is 8.38. The molecule has 0 spiro atoms. The Morgan fingerprint density at radius 3 is 2.90 bits per heavy atom. The van der Waals surface area contributed by atoms with Gasteiger partial charge in [0.15, 0.2) is 0 Å². The number of benzene rings is 1. The predicted molar refractivity (Wildman–Crippen MR) is 83.6 cm³/mol. The summed E-state index contributed by atoms with van der Waals surface area (Å²) in [5.41, 5.74) is 0.755. The van der Waals surface area contributed by atoms with Crippen molar-refractivity contribution in [2.75, 3.05) is 26.0 Å². The number of nitrogens with one attached hydrogen (secondary N) is 1. The van der Waals surface area contributed by atoms with Crippen molar-refractivity contribution in [1.82, 2.24) is 4.90 Å². The lowest BCUT2D eigenvalue weighted by atomic mass is 10.2. The summed E-state index contributed by atoms with van der Waals surface area (Å²) in [6.45, 7) is 2.33. The predicted octanol–water partition coefficient (Wildman–Crippen LogP) is 2.91. The first-order valence-corrected chi connectivity index (χ1v) is 7.07. The molecule has 114 valence electrons. The van der Waals surface area contributed by atoms with E-state index in [4.69, 9.17) is 21.6 Å². The van der Waals surface area contributed by atoms with Crippen molar-refractivity contribution in [3.8, 4) is 11.8 Å². The molecule has 1 aromatic rings. The Morgan fingerprint density at radius 1 is 1.57 bits per heavy atom. The number of halogens is 1. The van der Waals surface area contributed by atoms with Crippen LogP contribution in [0.2, 0.25) is 5.02 Å². The molecule has 1 N–H and O–H groups in total. The van der Waals surface area contributed by atoms with Crippen LogP contribution < -0.4 is 10.1 Å². The van der Waals surface area contributed by atoms with Gasteiger partial charge in [0.1, 0.15) is 5.75 Å². The van der Waals surface area contributed by atoms with Gasteiger partial charge >= 0.3 is 0 Å². The van der Waals surface area contributed by atoms with Crippen LogP contribution in [0.15, 0.2) is 18.2 Å². The largest absolute Gasteiger partial charge is 0.495 e. The summed E-state index contributed by atoms with van der Waals surface area (Å²) in [7, 11) is 3.29. The molecule has 1 amide bonds. The maximum Gasteiger partial charge on any atom is 0.224 e. The number of anilines is 1. The maximum absolute atomic E-state index is 12.0. The molecule has 0 saturated carbocycles. The zero-order valence-corrected chi connectivity index (χ0v) is 13.3. The minimum absolute atomic E-state index is 0.00811. The molecule has 1 atom stereocenters. The van der Waals surface area contributed by atoms with Gasteiger partial charge in [0.2, 0.25) is 5.91 Å². The molecule has 0 aliphatic carbocycles. The van der Waals surface area contributed by atoms with Crippen molar-refractivity contribution in [3.05, 3.63) is 23.2 Å². The highest BCUT2D eigenvalue weighted by atomic mass is 35.5. The van der Waals surface area contributed by atoms with Gasteiger partial charge in [-0.3, -0.25) is 4.79 Å². The van der Waals surface area contributed by atoms with E-state index in [1.165, 1.54) is 0 Å². The van der Waals surface area contributed by atoms with Crippen molar-refractivity contribution in [2.24, 2.45) is 0 Å². The first-order valence-electron chi connectivity index (χ1n) is 6.69. The van der Waals surface area contributed by atoms with Gasteiger partial charge in [-0.05, 0) is 25.1 Å². The summed E-state index contributed by atoms with van der Waals surface area (Å²) in [6, 6.07) is 7.26. The molecule has 0 aliphatic heterocycles. The number of nitriles is 1. The normalized spacial score (nSPS) is 11.4. The second-order valence-corrected chi connectivity index (χ2v) is 5.17. The number of carbonyl (C=O) groups is 1. The molecule has 1 unspecified atom stereocenters. The Kier molecular flexibility index (Phi) is 6.83. The molecule has 0 heterocycles. The molecular weight excluding hydrogens is 290 g/mol. The summed E-state index contributed by atoms with van der Waals surface area (Å²) in [5, 5.41) is 12.4. The number of amides is 1. The zero-order chi connectivity index (χ0) is 15.8. The molecule has 21 heavy (non-hydrogen) atoms. The molecular formula is C15H20ClN3O2. The van der Waals surface area contributed by atoms with Gasteiger partial charge in [-0.15, -0.1) is 0 Å². The molecule has 1 rings (SSSR count). The number of methoxy groups -OCH3 is 1. The van der Waals surface area contributed by atoms with Gasteiger partial charge in [-0.1, -0.05) is 11.6 Å². The van der Waals surface area contributed by atoms with Crippen molar-refractivity contribution in [2.45, 2.75) is 25.8 Å². The third-order valence-corrected chi connectivity index (χ3v) is 3.49. The summed E-state index contributed by atoms with van der Waals surface area (Å²) < 4.78 is 5.22. The maximum atomic E-state index is 12.0. The Morgan fingerprint density at radius 2 is 2.29 bits per heavy atom. The molecule has 5 nitrogen and oxygen atoms in total. The molecule has 0 bridgehead atoms. The molecule has 0 aromatic heterocycles. The minimum atomic E-state index is -0.0804. The Hall–Kier alpha value is -1.93. The van der Waals surface area contributed by atoms with Crippen molar-refractivity contribution in [3.63, 3.8) is 0 Å². The van der Waals surface area contributed by atoms with Crippen molar-refractivity contribution >= 4 is 23.2 Å². The molecule has 0 radical (unpaired) electrons. The third kappa shape index (κ3) is 5.16. The van der Waals surface area contributed by atoms with Gasteiger partial charge in [0.05, 0.1) is 25.3 Å². The van der Waals surface area contributed by atoms with Crippen molar-refractivity contribution in [1.29, 1.82) is 5.26 Å². The fraction of sp³-hybridized carbons (Fsp3) is 0.467. The average molecular weight is 310 g/mol. The lowest BCUT2D eigenvalue weighted by Gasteiger charge is -2.23. The number of hydrogen-bond donors (Lipinski definition) is 1. The van der Waals surface area contributed by atoms with Crippen LogP contribution in [0.5, 0.6) is 5.75 Å². The highest BCUT2D eigenvalue weighted by Gasteiger charge is 2.15. The SMILES string of the molecule is COc1ccc(Cl)cc1NCCC(=O)N(C)C(C)CC#N. The van der Waals surface area contributed by atoms with Crippen molar-refractivity contribution < 1.29 is 9.53 Å². The minimum Gasteiger partial charge on any atom is -0.495 e. The van der Waals surface area contributed by atoms with Crippen LogP contribution in [-0.4, -0.2) is 37.6 Å². The smallest absolute Gasteiger partial charge is 0.224 e. The third-order valence-electron chi connectivity index (χ3n) is 3.26. The highest BCUT2D eigenvalue weighted by Crippen LogP contribution is 2.27. The van der Waals surface area contributed by atoms with Crippen LogP contribution in [0.3, 0.4) is 0 Å². The molecule has 0 fully saturated rings. The molecule has 0 aliphatic rings. The molecule has 0 saturated heterocycles. The number of hydrogen-bond acceptors (Lipinski definition) is 4. The Bertz CT molecular complexity index is 528. The van der Waals surface area contributed by atoms with Crippen LogP contribution >= 0.6 is 11.6 Å². The second-order valence-electron chi connectivity index (χ2n) is 4.74. The molecule has 6 heteroatoms. The first-order chi connectivity index (χ1) is 9.99. The van der Waals surface area contributed by atoms with E-state index in [0.717, 1.165) is 5.69 Å². The van der Waals surface area contributed by atoms with Gasteiger partial charge in [-0.25, -0.2) is 0 Å². The fourth-order valence-electron chi connectivity index (χ4n) is 1.81. The number of carbonyl (C=O) groups excluding carboxylic acids is 1. The van der Waals surface area contributed by atoms with Crippen LogP contribution in [-0.2, 0) is 4.79 Å². The van der Waals surface area contributed by atoms with E-state index in [0.29, 0.717) is 30.2 Å². The van der Waals surface area contributed by atoms with E-state index < -0.39 is 0 Å². The van der Waals surface area contributed by atoms with E-state index in [2.05, 4.69) is 11.4 Å². The summed E-state index contributed by atoms with van der Waals surface area (Å²) in [4.78, 5) is 13.6. The lowest BCUT2D eigenvalue weighted by Crippen LogP contribution is -2.35. The van der Waals surface area contributed by atoms with Crippen LogP contribution in [0, 0.1) is 11.3 Å². The van der Waals surface area contributed by atoms with Crippen LogP contribution in [0.25, 0.3) is 0 Å². The van der Waals surface area contributed by atoms with E-state index >= 15 is 0 Å². The molecule has 1 aromatic carbocycles. The number of nitrogens with zero attached hydrogens (tertiary/aromatic N) is 2. The summed E-state index contributed by atoms with van der Waals surface area (Å²) in [5.74, 6) is 0.671. The first kappa shape index (κ1) is 17.1. The lowest BCUT2D eigenvalue weighted by molar-refractivity contribution is -0.131. The fourth-order valence-corrected chi connectivity index (χ4v) is 1.99. The van der Waals surface area contributed by atoms with Crippen LogP contribution in [0.1, 0.15) is 19.8 Å². The summed E-state index contributed by atoms with van der Waals surface area (Å²) >= 11 is 5.94. The quantitative estimate of drug-likeness (QED) is 0.841. The highest BCUT2D eigenvalue weighted by molar-refractivity contribution is 6.30. The van der Waals surface area contributed by atoms with Gasteiger partial charge in [0.25, 0.3) is 0 Å². The topological polar surface area (TPSA) is 65.4 Å². The van der Waals surface area contributed by atoms with Gasteiger partial charge in [-0.2, -0.15) is 5.26 Å². The van der Waals surface area contributed by atoms with Crippen LogP contribution in [0.4, 0.5) is 5.69 Å². The van der Waals surface area contributed by atoms with E-state index in [1.807, 2.05) is 6.92 Å². The van der Waals surface area contributed by atoms with E-state index in [-0.39, 0.29) is 11.9 Å². The van der Waals surface area contributed by atoms with Gasteiger partial charge < -0.3 is 15.0 Å². The number of ether oxygens (including phenoxy) is 1. The zero-order valence-electron chi connectivity index (χ0n) is 12.5. The van der Waals surface area contributed by atoms with E-state index in [9.17, 15) is 4.79 Å². The Labute approximate surface area is 130 Å². The number of rotatable bonds is 7. The Balaban J connectivity index is 2.52. The average Bonchev–Trinajstić information content (AvgIpc) is 2.46. The van der Waals surface area contributed by atoms with Gasteiger partial charge in [0, 0.05) is 31.1 Å². The standard InChI is InChI=1S/C15H20ClN3O2/c1-11(6-8-17)19(2)15(20)7-9-18-13-10-12(16)4-5-14(13)21-3/h4-5,10-11,18H,6-7,9H2,1-3H3. The monoisotopic (exact) mass is 309 g/mol. The summed E-state index contributed by atoms with van der Waals surface area (Å²) in [6.07, 6.45) is 0.666. The van der Waals surface area contributed by atoms with E-state index in [1.54, 1.807) is 37.3 Å².